The summed E-state index contributed by atoms with van der Waals surface area (Å²) in [5.41, 5.74) is 1.69. The lowest BCUT2D eigenvalue weighted by atomic mass is 9.92. The highest BCUT2D eigenvalue weighted by Gasteiger charge is 2.50. The highest BCUT2D eigenvalue weighted by molar-refractivity contribution is 5.91. The fourth-order valence-electron chi connectivity index (χ4n) is 3.98. The summed E-state index contributed by atoms with van der Waals surface area (Å²) < 4.78 is 13.4. The normalized spacial score (nSPS) is 26.3. The van der Waals surface area contributed by atoms with Gasteiger partial charge in [0.2, 0.25) is 0 Å². The van der Waals surface area contributed by atoms with Crippen LogP contribution in [0.5, 0.6) is 0 Å². The van der Waals surface area contributed by atoms with Crippen molar-refractivity contribution in [2.75, 3.05) is 13.2 Å². The first-order chi connectivity index (χ1) is 11.1. The van der Waals surface area contributed by atoms with Gasteiger partial charge in [-0.3, -0.25) is 15.4 Å². The molecule has 7 heteroatoms. The van der Waals surface area contributed by atoms with Gasteiger partial charge in [-0.15, -0.1) is 0 Å². The molecule has 4 rings (SSSR count). The van der Waals surface area contributed by atoms with Crippen LogP contribution >= 0.6 is 0 Å². The molecule has 2 aromatic heterocycles. The van der Waals surface area contributed by atoms with Crippen LogP contribution < -0.4 is 5.49 Å². The smallest absolute Gasteiger partial charge is 0.169 e. The molecule has 1 aliphatic heterocycles. The number of aromatic nitrogens is 3. The Morgan fingerprint density at radius 2 is 2.26 bits per heavy atom. The maximum Gasteiger partial charge on any atom is 0.169 e. The summed E-state index contributed by atoms with van der Waals surface area (Å²) in [5.74, 6) is 0.261. The van der Waals surface area contributed by atoms with Crippen molar-refractivity contribution in [2.24, 2.45) is 11.8 Å². The quantitative estimate of drug-likeness (QED) is 0.584. The summed E-state index contributed by atoms with van der Waals surface area (Å²) in [7, 11) is 0. The van der Waals surface area contributed by atoms with Crippen molar-refractivity contribution in [2.45, 2.75) is 32.0 Å². The molecule has 1 saturated heterocycles. The van der Waals surface area contributed by atoms with E-state index in [0.29, 0.717) is 37.0 Å². The summed E-state index contributed by atoms with van der Waals surface area (Å²) in [6.07, 6.45) is 5.76. The van der Waals surface area contributed by atoms with Crippen molar-refractivity contribution in [1.82, 2.24) is 14.5 Å². The van der Waals surface area contributed by atoms with Crippen LogP contribution in [0.25, 0.3) is 11.2 Å². The second kappa shape index (κ2) is 5.28. The fourth-order valence-corrected chi connectivity index (χ4v) is 3.98. The first-order valence-electron chi connectivity index (χ1n) is 8.10. The molecule has 0 aromatic carbocycles. The van der Waals surface area contributed by atoms with Crippen molar-refractivity contribution in [1.29, 1.82) is 10.8 Å². The highest BCUT2D eigenvalue weighted by atomic mass is 16.7. The Morgan fingerprint density at radius 1 is 1.48 bits per heavy atom. The molecule has 1 spiro atoms. The minimum atomic E-state index is -0.523. The van der Waals surface area contributed by atoms with Gasteiger partial charge in [-0.05, 0) is 12.0 Å². The van der Waals surface area contributed by atoms with E-state index in [4.69, 9.17) is 20.3 Å². The van der Waals surface area contributed by atoms with E-state index in [1.54, 1.807) is 10.8 Å². The third kappa shape index (κ3) is 2.22. The molecular weight excluding hydrogens is 294 g/mol. The minimum Gasteiger partial charge on any atom is -0.347 e. The van der Waals surface area contributed by atoms with E-state index in [2.05, 4.69) is 16.9 Å². The van der Waals surface area contributed by atoms with Crippen molar-refractivity contribution in [3.63, 3.8) is 0 Å². The predicted molar refractivity (Wildman–Crippen MR) is 86.3 cm³/mol. The van der Waals surface area contributed by atoms with E-state index < -0.39 is 5.79 Å². The maximum atomic E-state index is 8.76. The van der Waals surface area contributed by atoms with E-state index in [-0.39, 0.29) is 12.8 Å². The summed E-state index contributed by atoms with van der Waals surface area (Å²) in [6.45, 7) is 3.40. The zero-order valence-electron chi connectivity index (χ0n) is 13.1. The summed E-state index contributed by atoms with van der Waals surface area (Å²) >= 11 is 0. The van der Waals surface area contributed by atoms with Crippen LogP contribution in [-0.2, 0) is 9.47 Å². The van der Waals surface area contributed by atoms with Crippen LogP contribution in [-0.4, -0.2) is 39.4 Å². The largest absolute Gasteiger partial charge is 0.347 e. The number of fused-ring (bicyclic) bond motifs is 1. The molecule has 124 valence electrons. The Bertz CT molecular complexity index is 808. The average molecular weight is 317 g/mol. The lowest BCUT2D eigenvalue weighted by molar-refractivity contribution is -0.153. The molecular formula is C16H23N5O2. The van der Waals surface area contributed by atoms with Gasteiger partial charge in [-0.25, -0.2) is 4.98 Å². The Hall–Kier alpha value is -1.99. The molecule has 1 aliphatic carbocycles. The predicted octanol–water partition coefficient (Wildman–Crippen LogP) is 2.09. The van der Waals surface area contributed by atoms with Gasteiger partial charge >= 0.3 is 0 Å². The second-order valence-electron chi connectivity index (χ2n) is 6.37. The zero-order chi connectivity index (χ0) is 16.0. The number of aromatic amines is 1. The topological polar surface area (TPSA) is 99.8 Å². The van der Waals surface area contributed by atoms with E-state index in [1.165, 1.54) is 6.20 Å². The van der Waals surface area contributed by atoms with E-state index in [9.17, 15) is 0 Å². The lowest BCUT2D eigenvalue weighted by Gasteiger charge is -2.22. The van der Waals surface area contributed by atoms with Crippen LogP contribution in [0.4, 0.5) is 0 Å². The van der Waals surface area contributed by atoms with Crippen molar-refractivity contribution in [3.05, 3.63) is 23.9 Å². The van der Waals surface area contributed by atoms with E-state index >= 15 is 0 Å². The van der Waals surface area contributed by atoms with Gasteiger partial charge in [-0.1, -0.05) is 13.3 Å². The van der Waals surface area contributed by atoms with Gasteiger partial charge < -0.3 is 14.5 Å². The number of ether oxygens (including phenoxy) is 2. The first-order valence-corrected chi connectivity index (χ1v) is 8.10. The van der Waals surface area contributed by atoms with Gasteiger partial charge in [0.25, 0.3) is 0 Å². The minimum absolute atomic E-state index is 0. The SMILES string of the molecule is CC[C@@H]1CC2(C[C@@H]1C(=N)n1c(=N)cnc3[nH]ccc31)OCCO2.[HH]. The van der Waals surface area contributed by atoms with Crippen molar-refractivity contribution >= 4 is 17.0 Å². The average Bonchev–Trinajstić information content (AvgIpc) is 3.27. The van der Waals surface area contributed by atoms with Crippen LogP contribution in [0.2, 0.25) is 0 Å². The number of hydrogen-bond donors (Lipinski definition) is 3. The monoisotopic (exact) mass is 317 g/mol. The van der Waals surface area contributed by atoms with Gasteiger partial charge in [-0.2, -0.15) is 0 Å². The summed E-state index contributed by atoms with van der Waals surface area (Å²) in [5, 5.41) is 17.0. The summed E-state index contributed by atoms with van der Waals surface area (Å²) in [6, 6.07) is 1.86. The van der Waals surface area contributed by atoms with Crippen LogP contribution in [0.3, 0.4) is 0 Å². The molecule has 1 saturated carbocycles. The Labute approximate surface area is 135 Å². The highest BCUT2D eigenvalue weighted by Crippen LogP contribution is 2.46. The molecule has 2 aliphatic rings. The molecule has 0 radical (unpaired) electrons. The molecule has 0 unspecified atom stereocenters. The second-order valence-corrected chi connectivity index (χ2v) is 6.37. The van der Waals surface area contributed by atoms with Gasteiger partial charge in [0.15, 0.2) is 11.4 Å². The molecule has 3 N–H and O–H groups in total. The Morgan fingerprint density at radius 3 is 3.00 bits per heavy atom. The zero-order valence-corrected chi connectivity index (χ0v) is 13.1. The number of H-pyrrole nitrogens is 1. The Kier molecular flexibility index (Phi) is 3.35. The Balaban J connectivity index is 0.00000169. The van der Waals surface area contributed by atoms with E-state index in [1.807, 2.05) is 6.07 Å². The third-order valence-electron chi connectivity index (χ3n) is 5.10. The molecule has 2 fully saturated rings. The van der Waals surface area contributed by atoms with Gasteiger partial charge in [0.05, 0.1) is 24.9 Å². The molecule has 0 amide bonds. The molecule has 7 nitrogen and oxygen atoms in total. The van der Waals surface area contributed by atoms with Gasteiger partial charge in [0, 0.05) is 26.4 Å². The number of nitrogens with zero attached hydrogens (tertiary/aromatic N) is 2. The van der Waals surface area contributed by atoms with Crippen LogP contribution in [0, 0.1) is 22.7 Å². The number of nitrogens with one attached hydrogen (secondary N) is 3. The van der Waals surface area contributed by atoms with Crippen molar-refractivity contribution < 1.29 is 10.9 Å². The molecule has 3 heterocycles. The molecule has 2 aromatic rings. The lowest BCUT2D eigenvalue weighted by Crippen LogP contribution is -2.34. The molecule has 23 heavy (non-hydrogen) atoms. The fraction of sp³-hybridized carbons (Fsp3) is 0.562. The first kappa shape index (κ1) is 14.6. The molecule has 0 bridgehead atoms. The van der Waals surface area contributed by atoms with Crippen molar-refractivity contribution in [3.8, 4) is 0 Å². The maximum absolute atomic E-state index is 8.76. The number of hydrogen-bond acceptors (Lipinski definition) is 5. The molecule has 2 atom stereocenters. The number of rotatable bonds is 2. The van der Waals surface area contributed by atoms with Crippen LogP contribution in [0.1, 0.15) is 27.6 Å². The van der Waals surface area contributed by atoms with E-state index in [0.717, 1.165) is 18.4 Å². The van der Waals surface area contributed by atoms with Crippen LogP contribution in [0.15, 0.2) is 18.5 Å². The van der Waals surface area contributed by atoms with Gasteiger partial charge in [0.1, 0.15) is 11.3 Å². The summed E-state index contributed by atoms with van der Waals surface area (Å²) in [4.78, 5) is 7.26. The third-order valence-corrected chi connectivity index (χ3v) is 5.10. The standard InChI is InChI=1S/C16H21N5O2.H2/c1-2-10-7-16(22-5-6-23-16)8-11(10)14(18)21-12-3-4-19-15(12)20-9-13(21)17;/h3-4,9-11,17-19H,2,5-8H2,1H3;1H/t10-,11+;/m1./s1.